The highest BCUT2D eigenvalue weighted by Gasteiger charge is 2.35. The van der Waals surface area contributed by atoms with E-state index in [1.54, 1.807) is 0 Å². The molecule has 1 rings (SSSR count). The van der Waals surface area contributed by atoms with Gasteiger partial charge in [0, 0.05) is 24.6 Å². The molecule has 0 unspecified atom stereocenters. The predicted molar refractivity (Wildman–Crippen MR) is 76.2 cm³/mol. The summed E-state index contributed by atoms with van der Waals surface area (Å²) in [6.07, 6.45) is -3.99. The number of aliphatic carboxylic acids is 1. The van der Waals surface area contributed by atoms with Crippen LogP contribution in [0, 0.1) is 0 Å². The van der Waals surface area contributed by atoms with Crippen LogP contribution in [0.15, 0.2) is 24.3 Å². The first kappa shape index (κ1) is 18.4. The summed E-state index contributed by atoms with van der Waals surface area (Å²) < 4.78 is 9.15. The van der Waals surface area contributed by atoms with Gasteiger partial charge in [0.2, 0.25) is 6.10 Å². The summed E-state index contributed by atoms with van der Waals surface area (Å²) in [5.41, 5.74) is 0.275. The summed E-state index contributed by atoms with van der Waals surface area (Å²) in [5.74, 6) is -4.79. The lowest BCUT2D eigenvalue weighted by molar-refractivity contribution is -0.318. The minimum atomic E-state index is -2.08. The van der Waals surface area contributed by atoms with E-state index in [0.29, 0.717) is 5.02 Å². The quantitative estimate of drug-likeness (QED) is 0.716. The number of hydrogen-bond acceptors (Lipinski definition) is 7. The predicted octanol–water partition coefficient (Wildman–Crippen LogP) is -0.108. The van der Waals surface area contributed by atoms with Crippen LogP contribution in [0.25, 0.3) is 0 Å². The zero-order valence-electron chi connectivity index (χ0n) is 12.2. The SMILES string of the molecule is CC(=O)O[C@H](C(=O)[O-])[C@@H](OC(C)=O)C(=O)Nc1ccc(Cl)cc1. The van der Waals surface area contributed by atoms with Gasteiger partial charge < -0.3 is 24.7 Å². The standard InChI is InChI=1S/C14H14ClNO7/c1-7(17)22-11(12(14(20)21)23-8(2)18)13(19)16-10-5-3-9(15)4-6-10/h3-6,11-12H,1-2H3,(H,16,19)(H,20,21)/p-1/t11-,12+/m1/s1. The van der Waals surface area contributed by atoms with Gasteiger partial charge in [0.05, 0.1) is 5.97 Å². The lowest BCUT2D eigenvalue weighted by Crippen LogP contribution is -2.52. The van der Waals surface area contributed by atoms with Crippen molar-refractivity contribution in [1.82, 2.24) is 0 Å². The van der Waals surface area contributed by atoms with E-state index in [1.165, 1.54) is 24.3 Å². The number of amides is 1. The number of benzene rings is 1. The highest BCUT2D eigenvalue weighted by Crippen LogP contribution is 2.15. The molecule has 124 valence electrons. The number of carbonyl (C=O) groups is 4. The molecule has 1 aromatic rings. The number of carbonyl (C=O) groups excluding carboxylic acids is 4. The summed E-state index contributed by atoms with van der Waals surface area (Å²) in [6, 6.07) is 5.87. The van der Waals surface area contributed by atoms with Crippen LogP contribution in [0.5, 0.6) is 0 Å². The molecule has 0 radical (unpaired) electrons. The second-order valence-corrected chi connectivity index (χ2v) is 4.81. The molecule has 8 nitrogen and oxygen atoms in total. The van der Waals surface area contributed by atoms with Crippen molar-refractivity contribution in [2.45, 2.75) is 26.1 Å². The molecule has 1 amide bonds. The summed E-state index contributed by atoms with van der Waals surface area (Å²) >= 11 is 5.70. The topological polar surface area (TPSA) is 122 Å². The zero-order chi connectivity index (χ0) is 17.6. The Morgan fingerprint density at radius 1 is 1.00 bits per heavy atom. The molecule has 0 bridgehead atoms. The Hall–Kier alpha value is -2.61. The van der Waals surface area contributed by atoms with Gasteiger partial charge in [-0.3, -0.25) is 14.4 Å². The summed E-state index contributed by atoms with van der Waals surface area (Å²) in [4.78, 5) is 45.3. The van der Waals surface area contributed by atoms with Crippen LogP contribution < -0.4 is 10.4 Å². The zero-order valence-corrected chi connectivity index (χ0v) is 13.0. The minimum absolute atomic E-state index is 0.275. The molecule has 1 N–H and O–H groups in total. The monoisotopic (exact) mass is 342 g/mol. The number of carboxylic acids is 1. The molecule has 2 atom stereocenters. The third-order valence-corrected chi connectivity index (χ3v) is 2.72. The van der Waals surface area contributed by atoms with E-state index < -0.39 is 36.0 Å². The van der Waals surface area contributed by atoms with Crippen LogP contribution in [0.2, 0.25) is 5.02 Å². The number of esters is 2. The fraction of sp³-hybridized carbons (Fsp3) is 0.286. The Balaban J connectivity index is 3.00. The molecule has 0 spiro atoms. The van der Waals surface area contributed by atoms with E-state index in [4.69, 9.17) is 11.6 Å². The number of anilines is 1. The molecule has 9 heteroatoms. The normalized spacial score (nSPS) is 12.7. The highest BCUT2D eigenvalue weighted by molar-refractivity contribution is 6.30. The van der Waals surface area contributed by atoms with Crippen molar-refractivity contribution in [3.05, 3.63) is 29.3 Å². The number of carboxylic acid groups (broad SMARTS) is 1. The molecular weight excluding hydrogens is 330 g/mol. The average Bonchev–Trinajstić information content (AvgIpc) is 2.44. The van der Waals surface area contributed by atoms with Gasteiger partial charge >= 0.3 is 11.9 Å². The number of rotatable bonds is 6. The van der Waals surface area contributed by atoms with Crippen molar-refractivity contribution in [3.8, 4) is 0 Å². The highest BCUT2D eigenvalue weighted by atomic mass is 35.5. The van der Waals surface area contributed by atoms with Gasteiger partial charge in [-0.2, -0.15) is 0 Å². The molecule has 0 saturated carbocycles. The Kier molecular flexibility index (Phi) is 6.52. The minimum Gasteiger partial charge on any atom is -0.546 e. The molecule has 23 heavy (non-hydrogen) atoms. The number of hydrogen-bond donors (Lipinski definition) is 1. The largest absolute Gasteiger partial charge is 0.546 e. The summed E-state index contributed by atoms with van der Waals surface area (Å²) in [7, 11) is 0. The first-order valence-electron chi connectivity index (χ1n) is 6.32. The van der Waals surface area contributed by atoms with E-state index in [-0.39, 0.29) is 5.69 Å². The van der Waals surface area contributed by atoms with Gasteiger partial charge in [0.1, 0.15) is 0 Å². The Labute approximate surface area is 136 Å². The maximum atomic E-state index is 12.2. The van der Waals surface area contributed by atoms with Gasteiger partial charge in [-0.05, 0) is 24.3 Å². The number of ether oxygens (including phenoxy) is 2. The van der Waals surface area contributed by atoms with Crippen LogP contribution in [-0.2, 0) is 28.7 Å². The number of halogens is 1. The summed E-state index contributed by atoms with van der Waals surface area (Å²) in [6.45, 7) is 1.92. The lowest BCUT2D eigenvalue weighted by Gasteiger charge is -2.26. The van der Waals surface area contributed by atoms with Crippen molar-refractivity contribution < 1.29 is 33.8 Å². The van der Waals surface area contributed by atoms with Gasteiger partial charge in [-0.25, -0.2) is 0 Å². The van der Waals surface area contributed by atoms with Crippen molar-refractivity contribution in [1.29, 1.82) is 0 Å². The van der Waals surface area contributed by atoms with Gasteiger partial charge in [-0.1, -0.05) is 11.6 Å². The molecule has 0 heterocycles. The average molecular weight is 343 g/mol. The van der Waals surface area contributed by atoms with E-state index in [1.807, 2.05) is 0 Å². The third-order valence-electron chi connectivity index (χ3n) is 2.46. The fourth-order valence-corrected chi connectivity index (χ4v) is 1.72. The van der Waals surface area contributed by atoms with Crippen molar-refractivity contribution in [2.75, 3.05) is 5.32 Å². The van der Waals surface area contributed by atoms with Gasteiger partial charge in [-0.15, -0.1) is 0 Å². The maximum Gasteiger partial charge on any atom is 0.303 e. The van der Waals surface area contributed by atoms with Crippen molar-refractivity contribution in [3.63, 3.8) is 0 Å². The smallest absolute Gasteiger partial charge is 0.303 e. The van der Waals surface area contributed by atoms with E-state index in [0.717, 1.165) is 13.8 Å². The maximum absolute atomic E-state index is 12.2. The second kappa shape index (κ2) is 8.14. The molecular formula is C14H13ClNO7-. The van der Waals surface area contributed by atoms with Gasteiger partial charge in [0.15, 0.2) is 6.10 Å². The Morgan fingerprint density at radius 3 is 1.91 bits per heavy atom. The summed E-state index contributed by atoms with van der Waals surface area (Å²) in [5, 5.41) is 13.8. The lowest BCUT2D eigenvalue weighted by atomic mass is 10.1. The van der Waals surface area contributed by atoms with Crippen LogP contribution >= 0.6 is 11.6 Å². The molecule has 0 aliphatic heterocycles. The Bertz CT molecular complexity index is 614. The van der Waals surface area contributed by atoms with Crippen LogP contribution in [0.3, 0.4) is 0 Å². The van der Waals surface area contributed by atoms with Crippen LogP contribution in [0.1, 0.15) is 13.8 Å². The van der Waals surface area contributed by atoms with Crippen molar-refractivity contribution >= 4 is 41.1 Å². The van der Waals surface area contributed by atoms with Crippen molar-refractivity contribution in [2.24, 2.45) is 0 Å². The number of nitrogens with one attached hydrogen (secondary N) is 1. The van der Waals surface area contributed by atoms with E-state index in [2.05, 4.69) is 14.8 Å². The second-order valence-electron chi connectivity index (χ2n) is 4.38. The van der Waals surface area contributed by atoms with Crippen LogP contribution in [0.4, 0.5) is 5.69 Å². The molecule has 0 saturated heterocycles. The fourth-order valence-electron chi connectivity index (χ4n) is 1.59. The molecule has 0 fully saturated rings. The third kappa shape index (κ3) is 5.95. The van der Waals surface area contributed by atoms with E-state index >= 15 is 0 Å². The first-order chi connectivity index (χ1) is 10.7. The first-order valence-corrected chi connectivity index (χ1v) is 6.70. The van der Waals surface area contributed by atoms with Crippen LogP contribution in [-0.4, -0.2) is 36.0 Å². The van der Waals surface area contributed by atoms with Gasteiger partial charge in [0.25, 0.3) is 5.91 Å². The molecule has 0 aliphatic carbocycles. The molecule has 0 aliphatic rings. The van der Waals surface area contributed by atoms with E-state index in [9.17, 15) is 24.3 Å². The molecule has 0 aromatic heterocycles. The molecule has 1 aromatic carbocycles. The Morgan fingerprint density at radius 2 is 1.48 bits per heavy atom.